The molecule has 5 rings (SSSR count). The molecule has 3 amide bonds. The van der Waals surface area contributed by atoms with Crippen LogP contribution in [0.15, 0.2) is 73.8 Å². The molecule has 3 unspecified atom stereocenters. The molecule has 0 aromatic heterocycles. The van der Waals surface area contributed by atoms with E-state index in [1.165, 1.54) is 4.90 Å². The fourth-order valence-electron chi connectivity index (χ4n) is 7.52. The lowest BCUT2D eigenvalue weighted by atomic mass is 9.70. The van der Waals surface area contributed by atoms with Crippen molar-refractivity contribution >= 4 is 39.3 Å². The Hall–Kier alpha value is -3.27. The predicted molar refractivity (Wildman–Crippen MR) is 174 cm³/mol. The second kappa shape index (κ2) is 13.0. The van der Waals surface area contributed by atoms with Crippen LogP contribution in [0.2, 0.25) is 0 Å². The number of carbonyl (C=O) groups is 3. The van der Waals surface area contributed by atoms with Crippen LogP contribution in [0, 0.1) is 25.7 Å². The summed E-state index contributed by atoms with van der Waals surface area (Å²) in [6.45, 7) is 14.4. The molecule has 2 bridgehead atoms. The van der Waals surface area contributed by atoms with Crippen LogP contribution < -0.4 is 4.90 Å². The largest absolute Gasteiger partial charge is 0.394 e. The van der Waals surface area contributed by atoms with Gasteiger partial charge in [0.15, 0.2) is 0 Å². The van der Waals surface area contributed by atoms with Crippen LogP contribution in [0.5, 0.6) is 0 Å². The number of aliphatic hydroxyl groups excluding tert-OH is 1. The summed E-state index contributed by atoms with van der Waals surface area (Å²) in [4.78, 5) is 48.7. The van der Waals surface area contributed by atoms with Gasteiger partial charge in [0.2, 0.25) is 11.8 Å². The number of rotatable bonds is 12. The number of hydrogen-bond acceptors (Lipinski definition) is 5. The number of amides is 3. The van der Waals surface area contributed by atoms with Crippen molar-refractivity contribution < 1.29 is 24.2 Å². The molecule has 1 N–H and O–H groups in total. The molecule has 44 heavy (non-hydrogen) atoms. The summed E-state index contributed by atoms with van der Waals surface area (Å²) in [6.07, 6.45) is 3.91. The molecule has 234 valence electrons. The number of ether oxygens (including phenoxy) is 1. The maximum atomic E-state index is 15.1. The van der Waals surface area contributed by atoms with Crippen LogP contribution in [0.3, 0.4) is 0 Å². The number of fused-ring (bicyclic) bond motifs is 1. The lowest BCUT2D eigenvalue weighted by Gasteiger charge is -2.40. The van der Waals surface area contributed by atoms with Crippen LogP contribution in [0.1, 0.15) is 42.5 Å². The zero-order chi connectivity index (χ0) is 31.8. The number of aliphatic hydroxyl groups is 1. The van der Waals surface area contributed by atoms with E-state index < -0.39 is 42.2 Å². The quantitative estimate of drug-likeness (QED) is 0.262. The van der Waals surface area contributed by atoms with E-state index in [0.717, 1.165) is 23.2 Å². The van der Waals surface area contributed by atoms with Crippen LogP contribution in [0.4, 0.5) is 5.69 Å². The molecule has 1 spiro atoms. The van der Waals surface area contributed by atoms with Gasteiger partial charge >= 0.3 is 0 Å². The van der Waals surface area contributed by atoms with Gasteiger partial charge in [-0.1, -0.05) is 77.5 Å². The first-order chi connectivity index (χ1) is 21.1. The topological polar surface area (TPSA) is 90.4 Å². The fourth-order valence-corrected chi connectivity index (χ4v) is 8.46. The summed E-state index contributed by atoms with van der Waals surface area (Å²) in [5.41, 5.74) is 2.05. The number of alkyl halides is 1. The van der Waals surface area contributed by atoms with Gasteiger partial charge in [-0.25, -0.2) is 0 Å². The third kappa shape index (κ3) is 5.22. The second-order valence-electron chi connectivity index (χ2n) is 12.1. The molecule has 0 aliphatic carbocycles. The first-order valence-electron chi connectivity index (χ1n) is 15.3. The number of anilines is 1. The molecule has 0 radical (unpaired) electrons. The van der Waals surface area contributed by atoms with E-state index in [1.54, 1.807) is 22.0 Å². The molecular formula is C35H42BrN3O5. The highest BCUT2D eigenvalue weighted by atomic mass is 79.9. The SMILES string of the molecule is C=CCN(CCC)C(=O)[C@H]1[C@@H]2OC3(CC2Br)C(C(=O)N(CC=C)c2cc(C)ccc2C)N([C@H](CO)c2ccccc2)C(=O)[C@H]13. The Labute approximate surface area is 268 Å². The fraction of sp³-hybridized carbons (Fsp3) is 0.457. The summed E-state index contributed by atoms with van der Waals surface area (Å²) in [5, 5.41) is 10.8. The summed E-state index contributed by atoms with van der Waals surface area (Å²) in [5.74, 6) is -2.51. The minimum absolute atomic E-state index is 0.174. The Morgan fingerprint density at radius 1 is 1.14 bits per heavy atom. The Kier molecular flexibility index (Phi) is 9.49. The standard InChI is InChI=1S/C35H42BrN3O5/c1-6-16-37(17-7-2)32(41)28-29-33(42)39(27(21-40)24-12-10-9-11-13-24)31(35(29)20-25(36)30(28)44-35)34(43)38(18-8-3)26-19-22(4)14-15-23(26)5/h6,8-15,19,25,27-31,40H,1,3,7,16-18,20-21H2,2,4-5H3/t25?,27-,28-,29+,30-,31?,35?/m1/s1. The summed E-state index contributed by atoms with van der Waals surface area (Å²) in [6, 6.07) is 13.3. The monoisotopic (exact) mass is 663 g/mol. The molecule has 3 aliphatic rings. The van der Waals surface area contributed by atoms with Crippen LogP contribution in [-0.4, -0.2) is 81.4 Å². The van der Waals surface area contributed by atoms with E-state index in [9.17, 15) is 14.7 Å². The van der Waals surface area contributed by atoms with E-state index in [-0.39, 0.29) is 29.1 Å². The van der Waals surface area contributed by atoms with Gasteiger partial charge in [0, 0.05) is 30.1 Å². The zero-order valence-corrected chi connectivity index (χ0v) is 27.3. The van der Waals surface area contributed by atoms with Crippen molar-refractivity contribution in [3.63, 3.8) is 0 Å². The highest BCUT2D eigenvalue weighted by molar-refractivity contribution is 9.09. The maximum absolute atomic E-state index is 15.1. The van der Waals surface area contributed by atoms with Crippen molar-refractivity contribution in [2.24, 2.45) is 11.8 Å². The highest BCUT2D eigenvalue weighted by Crippen LogP contribution is 2.61. The molecule has 0 saturated carbocycles. The van der Waals surface area contributed by atoms with Crippen LogP contribution >= 0.6 is 15.9 Å². The van der Waals surface area contributed by atoms with E-state index >= 15 is 4.79 Å². The van der Waals surface area contributed by atoms with Gasteiger partial charge in [-0.05, 0) is 49.4 Å². The molecular weight excluding hydrogens is 622 g/mol. The first kappa shape index (κ1) is 32.1. The van der Waals surface area contributed by atoms with E-state index in [2.05, 4.69) is 29.1 Å². The summed E-state index contributed by atoms with van der Waals surface area (Å²) >= 11 is 3.78. The molecule has 2 aromatic rings. The molecule has 3 aliphatic heterocycles. The number of benzene rings is 2. The van der Waals surface area contributed by atoms with Crippen molar-refractivity contribution in [1.29, 1.82) is 0 Å². The Balaban J connectivity index is 1.68. The number of aryl methyl sites for hydroxylation is 2. The van der Waals surface area contributed by atoms with E-state index in [1.807, 2.05) is 69.3 Å². The molecule has 9 heteroatoms. The smallest absolute Gasteiger partial charge is 0.253 e. The number of likely N-dealkylation sites (tertiary alicyclic amines) is 1. The Morgan fingerprint density at radius 3 is 2.48 bits per heavy atom. The molecule has 3 heterocycles. The molecule has 3 saturated heterocycles. The third-order valence-corrected chi connectivity index (χ3v) is 10.2. The van der Waals surface area contributed by atoms with Gasteiger partial charge in [-0.3, -0.25) is 14.4 Å². The average molecular weight is 665 g/mol. The summed E-state index contributed by atoms with van der Waals surface area (Å²) in [7, 11) is 0. The average Bonchev–Trinajstić information content (AvgIpc) is 3.61. The van der Waals surface area contributed by atoms with Crippen LogP contribution in [-0.2, 0) is 19.1 Å². The zero-order valence-electron chi connectivity index (χ0n) is 25.7. The van der Waals surface area contributed by atoms with E-state index in [4.69, 9.17) is 4.74 Å². The normalized spacial score (nSPS) is 27.6. The van der Waals surface area contributed by atoms with E-state index in [0.29, 0.717) is 25.1 Å². The lowest BCUT2D eigenvalue weighted by Crippen LogP contribution is -2.58. The number of nitrogens with zero attached hydrogens (tertiary/aromatic N) is 3. The highest BCUT2D eigenvalue weighted by Gasteiger charge is 2.77. The minimum atomic E-state index is -1.27. The van der Waals surface area contributed by atoms with Gasteiger partial charge in [-0.15, -0.1) is 13.2 Å². The maximum Gasteiger partial charge on any atom is 0.253 e. The number of hydrogen-bond donors (Lipinski definition) is 1. The summed E-state index contributed by atoms with van der Waals surface area (Å²) < 4.78 is 6.78. The minimum Gasteiger partial charge on any atom is -0.394 e. The van der Waals surface area contributed by atoms with Crippen molar-refractivity contribution in [2.45, 2.75) is 62.2 Å². The van der Waals surface area contributed by atoms with Crippen molar-refractivity contribution in [1.82, 2.24) is 9.80 Å². The van der Waals surface area contributed by atoms with Gasteiger partial charge in [-0.2, -0.15) is 0 Å². The molecule has 2 aromatic carbocycles. The molecule has 3 fully saturated rings. The Morgan fingerprint density at radius 2 is 1.84 bits per heavy atom. The van der Waals surface area contributed by atoms with Gasteiger partial charge in [0.1, 0.15) is 11.6 Å². The van der Waals surface area contributed by atoms with Crippen molar-refractivity contribution in [2.75, 3.05) is 31.1 Å². The first-order valence-corrected chi connectivity index (χ1v) is 16.3. The van der Waals surface area contributed by atoms with Crippen molar-refractivity contribution in [3.05, 3.63) is 90.5 Å². The van der Waals surface area contributed by atoms with Gasteiger partial charge < -0.3 is 24.5 Å². The Bertz CT molecular complexity index is 1430. The number of halogens is 1. The number of carbonyl (C=O) groups excluding carboxylic acids is 3. The third-order valence-electron chi connectivity index (χ3n) is 9.33. The predicted octanol–water partition coefficient (Wildman–Crippen LogP) is 4.73. The lowest BCUT2D eigenvalue weighted by molar-refractivity contribution is -0.147. The van der Waals surface area contributed by atoms with Crippen LogP contribution in [0.25, 0.3) is 0 Å². The van der Waals surface area contributed by atoms with Gasteiger partial charge in [0.05, 0.1) is 30.6 Å². The van der Waals surface area contributed by atoms with Gasteiger partial charge in [0.25, 0.3) is 5.91 Å². The molecule has 7 atom stereocenters. The second-order valence-corrected chi connectivity index (χ2v) is 13.3. The molecule has 8 nitrogen and oxygen atoms in total. The van der Waals surface area contributed by atoms with Crippen molar-refractivity contribution in [3.8, 4) is 0 Å².